The van der Waals surface area contributed by atoms with Gasteiger partial charge in [-0.3, -0.25) is 4.79 Å². The fourth-order valence-corrected chi connectivity index (χ4v) is 3.40. The van der Waals surface area contributed by atoms with Crippen molar-refractivity contribution in [3.63, 3.8) is 0 Å². The van der Waals surface area contributed by atoms with Gasteiger partial charge in [0.25, 0.3) is 5.91 Å². The van der Waals surface area contributed by atoms with Crippen LogP contribution < -0.4 is 5.32 Å². The van der Waals surface area contributed by atoms with Crippen LogP contribution in [0.25, 0.3) is 10.6 Å². The molecule has 23 heavy (non-hydrogen) atoms. The lowest BCUT2D eigenvalue weighted by atomic mass is 10.1. The molecule has 1 heterocycles. The second-order valence-electron chi connectivity index (χ2n) is 5.56. The number of halogens is 1. The molecule has 1 atom stereocenters. The van der Waals surface area contributed by atoms with Gasteiger partial charge in [0.2, 0.25) is 0 Å². The number of hydrogen-bond donors (Lipinski definition) is 2. The zero-order valence-electron chi connectivity index (χ0n) is 12.2. The maximum atomic E-state index is 12.2. The highest BCUT2D eigenvalue weighted by atomic mass is 35.5. The van der Waals surface area contributed by atoms with Crippen LogP contribution in [0.5, 0.6) is 0 Å². The Hall–Kier alpha value is -1.92. The molecule has 7 heteroatoms. The predicted octanol–water partition coefficient (Wildman–Crippen LogP) is 3.45. The van der Waals surface area contributed by atoms with Crippen molar-refractivity contribution in [2.45, 2.75) is 25.3 Å². The Morgan fingerprint density at radius 3 is 2.78 bits per heavy atom. The van der Waals surface area contributed by atoms with E-state index in [-0.39, 0.29) is 5.69 Å². The van der Waals surface area contributed by atoms with Gasteiger partial charge in [0.05, 0.1) is 5.02 Å². The molecule has 0 bridgehead atoms. The van der Waals surface area contributed by atoms with E-state index in [1.165, 1.54) is 11.3 Å². The van der Waals surface area contributed by atoms with Crippen LogP contribution >= 0.6 is 22.9 Å². The topological polar surface area (TPSA) is 79.3 Å². The van der Waals surface area contributed by atoms with Gasteiger partial charge in [-0.05, 0) is 18.4 Å². The average Bonchev–Trinajstić information content (AvgIpc) is 3.20. The molecular weight excluding hydrogens is 336 g/mol. The summed E-state index contributed by atoms with van der Waals surface area (Å²) in [7, 11) is 0. The van der Waals surface area contributed by atoms with Crippen LogP contribution in [0.1, 0.15) is 29.8 Å². The Balaban J connectivity index is 1.73. The zero-order valence-corrected chi connectivity index (χ0v) is 13.7. The number of nitrogens with zero attached hydrogens (tertiary/aromatic N) is 1. The van der Waals surface area contributed by atoms with E-state index in [0.29, 0.717) is 22.4 Å². The number of carbonyl (C=O) groups is 2. The maximum absolute atomic E-state index is 12.2. The highest BCUT2D eigenvalue weighted by Gasteiger charge is 2.30. The standard InChI is InChI=1S/C16H15ClN2O3S/c17-11-4-2-1-3-10(11)15-19-13(8-23-15)14(20)18-12(16(21)22)7-9-5-6-9/h1-4,8-9,12H,5-7H2,(H,18,20)(H,21,22). The lowest BCUT2D eigenvalue weighted by Crippen LogP contribution is -2.41. The van der Waals surface area contributed by atoms with Crippen molar-refractivity contribution < 1.29 is 14.7 Å². The number of carbonyl (C=O) groups excluding carboxylic acids is 1. The molecule has 2 aromatic rings. The number of hydrogen-bond acceptors (Lipinski definition) is 4. The molecule has 0 radical (unpaired) electrons. The van der Waals surface area contributed by atoms with Crippen LogP contribution in [0, 0.1) is 5.92 Å². The smallest absolute Gasteiger partial charge is 0.326 e. The number of carboxylic acid groups (broad SMARTS) is 1. The third kappa shape index (κ3) is 3.89. The zero-order chi connectivity index (χ0) is 16.4. The summed E-state index contributed by atoms with van der Waals surface area (Å²) in [4.78, 5) is 27.8. The van der Waals surface area contributed by atoms with E-state index in [1.807, 2.05) is 18.2 Å². The van der Waals surface area contributed by atoms with Gasteiger partial charge >= 0.3 is 5.97 Å². The van der Waals surface area contributed by atoms with E-state index < -0.39 is 17.9 Å². The first kappa shape index (κ1) is 16.0. The van der Waals surface area contributed by atoms with Crippen molar-refractivity contribution in [3.05, 3.63) is 40.4 Å². The number of thiazole rings is 1. The SMILES string of the molecule is O=C(NC(CC1CC1)C(=O)O)c1csc(-c2ccccc2Cl)n1. The van der Waals surface area contributed by atoms with E-state index in [4.69, 9.17) is 11.6 Å². The minimum Gasteiger partial charge on any atom is -0.480 e. The summed E-state index contributed by atoms with van der Waals surface area (Å²) in [5.41, 5.74) is 0.970. The lowest BCUT2D eigenvalue weighted by molar-refractivity contribution is -0.139. The molecule has 1 aromatic heterocycles. The second kappa shape index (κ2) is 6.68. The Morgan fingerprint density at radius 1 is 1.39 bits per heavy atom. The molecule has 1 aliphatic rings. The quantitative estimate of drug-likeness (QED) is 0.836. The number of aliphatic carboxylic acids is 1. The molecule has 1 amide bonds. The summed E-state index contributed by atoms with van der Waals surface area (Å²) in [5, 5.41) is 14.6. The molecule has 5 nitrogen and oxygen atoms in total. The monoisotopic (exact) mass is 350 g/mol. The van der Waals surface area contributed by atoms with Crippen molar-refractivity contribution in [2.75, 3.05) is 0 Å². The normalized spacial score (nSPS) is 15.2. The van der Waals surface area contributed by atoms with Crippen molar-refractivity contribution in [3.8, 4) is 10.6 Å². The molecule has 0 aliphatic heterocycles. The van der Waals surface area contributed by atoms with E-state index in [1.54, 1.807) is 11.4 Å². The molecule has 120 valence electrons. The molecule has 2 N–H and O–H groups in total. The molecule has 0 spiro atoms. The van der Waals surface area contributed by atoms with Crippen LogP contribution in [0.4, 0.5) is 0 Å². The molecule has 1 aromatic carbocycles. The Morgan fingerprint density at radius 2 is 2.13 bits per heavy atom. The van der Waals surface area contributed by atoms with E-state index in [2.05, 4.69) is 10.3 Å². The van der Waals surface area contributed by atoms with Gasteiger partial charge in [0.15, 0.2) is 0 Å². The van der Waals surface area contributed by atoms with Crippen LogP contribution in [0.2, 0.25) is 5.02 Å². The van der Waals surface area contributed by atoms with Gasteiger partial charge in [0, 0.05) is 10.9 Å². The lowest BCUT2D eigenvalue weighted by Gasteiger charge is -2.12. The Labute approximate surface area is 142 Å². The molecule has 1 saturated carbocycles. The number of amides is 1. The third-order valence-electron chi connectivity index (χ3n) is 3.71. The number of benzene rings is 1. The summed E-state index contributed by atoms with van der Waals surface area (Å²) in [6.07, 6.45) is 2.54. The number of nitrogens with one attached hydrogen (secondary N) is 1. The fourth-order valence-electron chi connectivity index (χ4n) is 2.28. The first-order valence-electron chi connectivity index (χ1n) is 7.28. The number of carboxylic acids is 1. The summed E-state index contributed by atoms with van der Waals surface area (Å²) < 4.78 is 0. The highest BCUT2D eigenvalue weighted by molar-refractivity contribution is 7.13. The largest absolute Gasteiger partial charge is 0.480 e. The van der Waals surface area contributed by atoms with Crippen LogP contribution in [0.3, 0.4) is 0 Å². The third-order valence-corrected chi connectivity index (χ3v) is 4.92. The summed E-state index contributed by atoms with van der Waals surface area (Å²) in [6.45, 7) is 0. The van der Waals surface area contributed by atoms with Crippen molar-refractivity contribution in [2.24, 2.45) is 5.92 Å². The van der Waals surface area contributed by atoms with Crippen molar-refractivity contribution in [1.29, 1.82) is 0 Å². The highest BCUT2D eigenvalue weighted by Crippen LogP contribution is 2.34. The van der Waals surface area contributed by atoms with Crippen molar-refractivity contribution in [1.82, 2.24) is 10.3 Å². The van der Waals surface area contributed by atoms with Crippen LogP contribution in [0.15, 0.2) is 29.6 Å². The first-order chi connectivity index (χ1) is 11.0. The van der Waals surface area contributed by atoms with Crippen LogP contribution in [-0.4, -0.2) is 28.0 Å². The minimum atomic E-state index is -1.01. The predicted molar refractivity (Wildman–Crippen MR) is 88.8 cm³/mol. The van der Waals surface area contributed by atoms with Gasteiger partial charge in [-0.1, -0.05) is 42.6 Å². The number of rotatable bonds is 6. The molecule has 3 rings (SSSR count). The average molecular weight is 351 g/mol. The summed E-state index contributed by atoms with van der Waals surface area (Å²) >= 11 is 7.43. The van der Waals surface area contributed by atoms with E-state index >= 15 is 0 Å². The second-order valence-corrected chi connectivity index (χ2v) is 6.83. The first-order valence-corrected chi connectivity index (χ1v) is 8.54. The van der Waals surface area contributed by atoms with Gasteiger partial charge < -0.3 is 10.4 Å². The van der Waals surface area contributed by atoms with E-state index in [9.17, 15) is 14.7 Å². The Kier molecular flexibility index (Phi) is 4.63. The van der Waals surface area contributed by atoms with Gasteiger partial charge in [-0.15, -0.1) is 11.3 Å². The van der Waals surface area contributed by atoms with Gasteiger partial charge in [-0.2, -0.15) is 0 Å². The molecule has 0 saturated heterocycles. The van der Waals surface area contributed by atoms with Gasteiger partial charge in [-0.25, -0.2) is 9.78 Å². The summed E-state index contributed by atoms with van der Waals surface area (Å²) in [5.74, 6) is -1.06. The van der Waals surface area contributed by atoms with Crippen molar-refractivity contribution >= 4 is 34.8 Å². The maximum Gasteiger partial charge on any atom is 0.326 e. The van der Waals surface area contributed by atoms with E-state index in [0.717, 1.165) is 18.4 Å². The number of aromatic nitrogens is 1. The molecule has 1 unspecified atom stereocenters. The minimum absolute atomic E-state index is 0.215. The Bertz CT molecular complexity index is 742. The fraction of sp³-hybridized carbons (Fsp3) is 0.312. The molecular formula is C16H15ClN2O3S. The van der Waals surface area contributed by atoms with Gasteiger partial charge in [0.1, 0.15) is 16.7 Å². The molecule has 1 fully saturated rings. The van der Waals surface area contributed by atoms with Crippen LogP contribution in [-0.2, 0) is 4.79 Å². The molecule has 1 aliphatic carbocycles. The summed E-state index contributed by atoms with van der Waals surface area (Å²) in [6, 6.07) is 6.39.